The van der Waals surface area contributed by atoms with Crippen molar-refractivity contribution in [3.05, 3.63) is 18.2 Å². The molecule has 1 amide bonds. The van der Waals surface area contributed by atoms with Crippen molar-refractivity contribution in [2.75, 3.05) is 49.6 Å². The monoisotopic (exact) mass is 461 g/mol. The molecule has 176 valence electrons. The highest BCUT2D eigenvalue weighted by Crippen LogP contribution is 2.48. The summed E-state index contributed by atoms with van der Waals surface area (Å²) in [5.74, 6) is 1.30. The molecule has 4 fully saturated rings. The summed E-state index contributed by atoms with van der Waals surface area (Å²) in [6.45, 7) is 3.43. The van der Waals surface area contributed by atoms with Crippen molar-refractivity contribution in [1.82, 2.24) is 4.31 Å². The van der Waals surface area contributed by atoms with Gasteiger partial charge in [0, 0.05) is 32.1 Å². The van der Waals surface area contributed by atoms with E-state index in [9.17, 15) is 13.2 Å². The van der Waals surface area contributed by atoms with Gasteiger partial charge in [-0.25, -0.2) is 8.42 Å². The van der Waals surface area contributed by atoms with Crippen LogP contribution in [0.2, 0.25) is 0 Å². The van der Waals surface area contributed by atoms with Crippen molar-refractivity contribution in [2.24, 2.45) is 17.8 Å². The number of nitrogens with one attached hydrogen (secondary N) is 1. The maximum Gasteiger partial charge on any atom is 0.243 e. The van der Waals surface area contributed by atoms with Gasteiger partial charge in [-0.05, 0) is 62.1 Å². The number of benzene rings is 1. The summed E-state index contributed by atoms with van der Waals surface area (Å²) in [7, 11) is -3.62. The van der Waals surface area contributed by atoms with E-state index in [4.69, 9.17) is 4.74 Å². The Morgan fingerprint density at radius 1 is 0.969 bits per heavy atom. The van der Waals surface area contributed by atoms with Gasteiger partial charge in [0.05, 0.1) is 29.5 Å². The SMILES string of the molecule is O=C(Nc1cc(S(=O)(=O)N2CCOCC2)ccc1N1CCCCCC1)C1CC2CCC1C2. The Balaban J connectivity index is 1.44. The van der Waals surface area contributed by atoms with Crippen LogP contribution >= 0.6 is 0 Å². The van der Waals surface area contributed by atoms with Crippen LogP contribution in [0.4, 0.5) is 11.4 Å². The Hall–Kier alpha value is -1.64. The van der Waals surface area contributed by atoms with Crippen LogP contribution in [0.1, 0.15) is 51.4 Å². The van der Waals surface area contributed by atoms with E-state index in [-0.39, 0.29) is 16.7 Å². The molecule has 5 rings (SSSR count). The van der Waals surface area contributed by atoms with E-state index in [2.05, 4.69) is 10.2 Å². The fraction of sp³-hybridized carbons (Fsp3) is 0.708. The van der Waals surface area contributed by atoms with E-state index in [0.717, 1.165) is 44.5 Å². The molecular weight excluding hydrogens is 426 g/mol. The van der Waals surface area contributed by atoms with Crippen molar-refractivity contribution in [3.63, 3.8) is 0 Å². The molecule has 8 heteroatoms. The van der Waals surface area contributed by atoms with Crippen molar-refractivity contribution >= 4 is 27.3 Å². The molecule has 2 heterocycles. The van der Waals surface area contributed by atoms with Gasteiger partial charge < -0.3 is 15.0 Å². The second kappa shape index (κ2) is 9.31. The first-order valence-electron chi connectivity index (χ1n) is 12.3. The molecule has 2 aliphatic heterocycles. The van der Waals surface area contributed by atoms with Gasteiger partial charge in [-0.1, -0.05) is 19.3 Å². The molecule has 2 saturated carbocycles. The molecule has 0 spiro atoms. The van der Waals surface area contributed by atoms with Gasteiger partial charge in [0.15, 0.2) is 0 Å². The van der Waals surface area contributed by atoms with Crippen LogP contribution in [0.5, 0.6) is 0 Å². The Morgan fingerprint density at radius 3 is 2.38 bits per heavy atom. The average molecular weight is 462 g/mol. The van der Waals surface area contributed by atoms with E-state index in [1.165, 1.54) is 30.0 Å². The van der Waals surface area contributed by atoms with E-state index in [1.807, 2.05) is 6.07 Å². The van der Waals surface area contributed by atoms with Crippen molar-refractivity contribution in [3.8, 4) is 0 Å². The average Bonchev–Trinajstić information content (AvgIpc) is 3.35. The molecule has 1 aromatic carbocycles. The number of carbonyl (C=O) groups excluding carboxylic acids is 1. The van der Waals surface area contributed by atoms with Gasteiger partial charge in [-0.15, -0.1) is 0 Å². The number of carbonyl (C=O) groups is 1. The lowest BCUT2D eigenvalue weighted by molar-refractivity contribution is -0.121. The molecular formula is C24H35N3O4S. The number of hydrogen-bond donors (Lipinski definition) is 1. The highest BCUT2D eigenvalue weighted by molar-refractivity contribution is 7.89. The second-order valence-electron chi connectivity index (χ2n) is 9.87. The lowest BCUT2D eigenvalue weighted by Crippen LogP contribution is -2.40. The Labute approximate surface area is 191 Å². The first-order valence-corrected chi connectivity index (χ1v) is 13.7. The first-order chi connectivity index (χ1) is 15.5. The smallest absolute Gasteiger partial charge is 0.243 e. The van der Waals surface area contributed by atoms with Gasteiger partial charge in [0.1, 0.15) is 0 Å². The molecule has 2 aliphatic carbocycles. The molecule has 1 N–H and O–H groups in total. The standard InChI is InChI=1S/C24H35N3O4S/c28-24(21-16-18-5-6-19(21)15-18)25-22-17-20(32(29,30)27-11-13-31-14-12-27)7-8-23(22)26-9-3-1-2-4-10-26/h7-8,17-19,21H,1-6,9-16H2,(H,25,28). The summed E-state index contributed by atoms with van der Waals surface area (Å²) in [6, 6.07) is 5.30. The van der Waals surface area contributed by atoms with Crippen LogP contribution in [-0.2, 0) is 19.6 Å². The van der Waals surface area contributed by atoms with Crippen molar-refractivity contribution in [2.45, 2.75) is 56.3 Å². The van der Waals surface area contributed by atoms with Crippen LogP contribution in [0.3, 0.4) is 0 Å². The predicted molar refractivity (Wildman–Crippen MR) is 124 cm³/mol. The Morgan fingerprint density at radius 2 is 1.72 bits per heavy atom. The lowest BCUT2D eigenvalue weighted by atomic mass is 9.88. The largest absolute Gasteiger partial charge is 0.379 e. The maximum absolute atomic E-state index is 13.3. The minimum Gasteiger partial charge on any atom is -0.379 e. The third-order valence-corrected chi connectivity index (χ3v) is 9.75. The van der Waals surface area contributed by atoms with Crippen LogP contribution in [-0.4, -0.2) is 58.0 Å². The minimum atomic E-state index is -3.62. The van der Waals surface area contributed by atoms with Gasteiger partial charge in [0.25, 0.3) is 0 Å². The minimum absolute atomic E-state index is 0.0604. The first kappa shape index (κ1) is 22.2. The van der Waals surface area contributed by atoms with Crippen LogP contribution in [0.15, 0.2) is 23.1 Å². The number of morpholine rings is 1. The van der Waals surface area contributed by atoms with E-state index in [1.54, 1.807) is 12.1 Å². The normalized spacial score (nSPS) is 29.1. The molecule has 32 heavy (non-hydrogen) atoms. The molecule has 2 bridgehead atoms. The van der Waals surface area contributed by atoms with Gasteiger partial charge >= 0.3 is 0 Å². The maximum atomic E-state index is 13.3. The zero-order valence-corrected chi connectivity index (χ0v) is 19.6. The van der Waals surface area contributed by atoms with Gasteiger partial charge in [-0.3, -0.25) is 4.79 Å². The number of rotatable bonds is 5. The van der Waals surface area contributed by atoms with Crippen molar-refractivity contribution < 1.29 is 17.9 Å². The summed E-state index contributed by atoms with van der Waals surface area (Å²) < 4.78 is 33.4. The summed E-state index contributed by atoms with van der Waals surface area (Å²) in [6.07, 6.45) is 9.21. The molecule has 3 atom stereocenters. The predicted octanol–water partition coefficient (Wildman–Crippen LogP) is 3.46. The Bertz CT molecular complexity index is 937. The topological polar surface area (TPSA) is 79.0 Å². The third kappa shape index (κ3) is 4.41. The van der Waals surface area contributed by atoms with E-state index < -0.39 is 10.0 Å². The highest BCUT2D eigenvalue weighted by atomic mass is 32.2. The number of amides is 1. The van der Waals surface area contributed by atoms with Crippen molar-refractivity contribution in [1.29, 1.82) is 0 Å². The van der Waals surface area contributed by atoms with Gasteiger partial charge in [0.2, 0.25) is 15.9 Å². The second-order valence-corrected chi connectivity index (χ2v) is 11.8. The fourth-order valence-electron chi connectivity index (χ4n) is 6.09. The molecule has 4 aliphatic rings. The molecule has 7 nitrogen and oxygen atoms in total. The van der Waals surface area contributed by atoms with E-state index in [0.29, 0.717) is 43.8 Å². The van der Waals surface area contributed by atoms with Crippen LogP contribution < -0.4 is 10.2 Å². The zero-order valence-electron chi connectivity index (χ0n) is 18.8. The summed E-state index contributed by atoms with van der Waals surface area (Å²) in [5, 5.41) is 3.18. The third-order valence-electron chi connectivity index (χ3n) is 7.86. The van der Waals surface area contributed by atoms with Crippen LogP contribution in [0.25, 0.3) is 0 Å². The number of nitrogens with zero attached hydrogens (tertiary/aromatic N) is 2. The van der Waals surface area contributed by atoms with Crippen LogP contribution in [0, 0.1) is 17.8 Å². The number of ether oxygens (including phenoxy) is 1. The summed E-state index contributed by atoms with van der Waals surface area (Å²) >= 11 is 0. The number of sulfonamides is 1. The molecule has 2 saturated heterocycles. The Kier molecular flexibility index (Phi) is 6.45. The summed E-state index contributed by atoms with van der Waals surface area (Å²) in [5.41, 5.74) is 1.60. The molecule has 3 unspecified atom stereocenters. The zero-order chi connectivity index (χ0) is 22.1. The molecule has 0 aromatic heterocycles. The summed E-state index contributed by atoms with van der Waals surface area (Å²) in [4.78, 5) is 15.8. The quantitative estimate of drug-likeness (QED) is 0.727. The fourth-order valence-corrected chi connectivity index (χ4v) is 7.53. The number of anilines is 2. The highest BCUT2D eigenvalue weighted by Gasteiger charge is 2.43. The molecule has 0 radical (unpaired) electrons. The number of fused-ring (bicyclic) bond motifs is 2. The molecule has 1 aromatic rings. The lowest BCUT2D eigenvalue weighted by Gasteiger charge is -2.29. The van der Waals surface area contributed by atoms with Gasteiger partial charge in [-0.2, -0.15) is 4.31 Å². The van der Waals surface area contributed by atoms with E-state index >= 15 is 0 Å². The number of hydrogen-bond acceptors (Lipinski definition) is 5.